The third kappa shape index (κ3) is 2.75. The molecule has 0 aliphatic carbocycles. The summed E-state index contributed by atoms with van der Waals surface area (Å²) in [7, 11) is 0. The lowest BCUT2D eigenvalue weighted by Crippen LogP contribution is -2.10. The van der Waals surface area contributed by atoms with Crippen molar-refractivity contribution >= 4 is 5.97 Å². The summed E-state index contributed by atoms with van der Waals surface area (Å²) >= 11 is 0. The number of nitrogens with zero attached hydrogens (tertiary/aromatic N) is 1. The van der Waals surface area contributed by atoms with Gasteiger partial charge in [0.25, 0.3) is 0 Å². The Morgan fingerprint density at radius 1 is 1.00 bits per heavy atom. The van der Waals surface area contributed by atoms with Gasteiger partial charge < -0.3 is 10.2 Å². The topological polar surface area (TPSA) is 86.2 Å². The van der Waals surface area contributed by atoms with Crippen LogP contribution in [0.2, 0.25) is 0 Å². The second-order valence-corrected chi connectivity index (χ2v) is 4.91. The van der Waals surface area contributed by atoms with Crippen molar-refractivity contribution in [3.63, 3.8) is 0 Å². The molecule has 5 nitrogen and oxygen atoms in total. The Morgan fingerprint density at radius 3 is 2.36 bits per heavy atom. The highest BCUT2D eigenvalue weighted by atomic mass is 16.4. The molecule has 3 rings (SSSR count). The lowest BCUT2D eigenvalue weighted by molar-refractivity contribution is -0.146. The zero-order valence-electron chi connectivity index (χ0n) is 11.6. The summed E-state index contributed by atoms with van der Waals surface area (Å²) < 4.78 is 0. The maximum absolute atomic E-state index is 10.8. The third-order valence-corrected chi connectivity index (χ3v) is 3.47. The summed E-state index contributed by atoms with van der Waals surface area (Å²) in [5, 5.41) is 25.2. The summed E-state index contributed by atoms with van der Waals surface area (Å²) in [6, 6.07) is 16.7. The average Bonchev–Trinajstić information content (AvgIpc) is 3.09. The Bertz CT molecular complexity index is 780. The first kappa shape index (κ1) is 14.0. The highest BCUT2D eigenvalue weighted by Crippen LogP contribution is 2.26. The number of rotatable bonds is 4. The van der Waals surface area contributed by atoms with Crippen LogP contribution >= 0.6 is 0 Å². The fourth-order valence-electron chi connectivity index (χ4n) is 2.28. The van der Waals surface area contributed by atoms with Gasteiger partial charge in [-0.2, -0.15) is 5.10 Å². The molecule has 110 valence electrons. The van der Waals surface area contributed by atoms with Crippen molar-refractivity contribution in [3.8, 4) is 22.4 Å². The van der Waals surface area contributed by atoms with Crippen molar-refractivity contribution in [2.24, 2.45) is 0 Å². The fraction of sp³-hybridized carbons (Fsp3) is 0.0588. The smallest absolute Gasteiger partial charge is 0.337 e. The molecule has 0 saturated heterocycles. The van der Waals surface area contributed by atoms with Gasteiger partial charge in [0.05, 0.1) is 5.69 Å². The van der Waals surface area contributed by atoms with Crippen LogP contribution < -0.4 is 0 Å². The first-order valence-corrected chi connectivity index (χ1v) is 6.76. The van der Waals surface area contributed by atoms with Crippen molar-refractivity contribution in [3.05, 3.63) is 66.4 Å². The number of aliphatic carboxylic acids is 1. The molecule has 0 spiro atoms. The van der Waals surface area contributed by atoms with Crippen LogP contribution in [0.5, 0.6) is 0 Å². The standard InChI is InChI=1S/C17H14N2O3/c20-16(17(21)22)12-6-4-11(5-7-12)13-2-1-3-14(10-13)15-8-9-18-19-15/h1-10,16,20H,(H,18,19)(H,21,22)/t16-/m1/s1. The third-order valence-electron chi connectivity index (χ3n) is 3.47. The van der Waals surface area contributed by atoms with Crippen LogP contribution in [0.4, 0.5) is 0 Å². The van der Waals surface area contributed by atoms with Gasteiger partial charge in [0, 0.05) is 11.8 Å². The summed E-state index contributed by atoms with van der Waals surface area (Å²) in [6.07, 6.45) is 0.203. The molecular formula is C17H14N2O3. The number of benzene rings is 2. The molecule has 22 heavy (non-hydrogen) atoms. The van der Waals surface area contributed by atoms with Crippen LogP contribution in [0.3, 0.4) is 0 Å². The van der Waals surface area contributed by atoms with Gasteiger partial charge in [-0.1, -0.05) is 42.5 Å². The molecule has 1 atom stereocenters. The molecule has 1 heterocycles. The average molecular weight is 294 g/mol. The number of carboxylic acids is 1. The van der Waals surface area contributed by atoms with E-state index in [2.05, 4.69) is 10.2 Å². The zero-order chi connectivity index (χ0) is 15.5. The van der Waals surface area contributed by atoms with E-state index >= 15 is 0 Å². The van der Waals surface area contributed by atoms with Gasteiger partial charge in [0.2, 0.25) is 0 Å². The molecule has 2 aromatic carbocycles. The maximum atomic E-state index is 10.8. The quantitative estimate of drug-likeness (QED) is 0.690. The monoisotopic (exact) mass is 294 g/mol. The van der Waals surface area contributed by atoms with E-state index in [4.69, 9.17) is 5.11 Å². The van der Waals surface area contributed by atoms with Crippen LogP contribution in [0, 0.1) is 0 Å². The van der Waals surface area contributed by atoms with Crippen molar-refractivity contribution in [1.29, 1.82) is 0 Å². The SMILES string of the molecule is O=C(O)[C@H](O)c1ccc(-c2cccc(-c3ccn[nH]3)c2)cc1. The van der Waals surface area contributed by atoms with Gasteiger partial charge in [-0.25, -0.2) is 4.79 Å². The van der Waals surface area contributed by atoms with Crippen LogP contribution in [0.15, 0.2) is 60.8 Å². The molecular weight excluding hydrogens is 280 g/mol. The summed E-state index contributed by atoms with van der Waals surface area (Å²) in [6.45, 7) is 0. The fourth-order valence-corrected chi connectivity index (χ4v) is 2.28. The van der Waals surface area contributed by atoms with Crippen LogP contribution in [0.25, 0.3) is 22.4 Å². The van der Waals surface area contributed by atoms with Crippen LogP contribution in [-0.4, -0.2) is 26.4 Å². The highest BCUT2D eigenvalue weighted by molar-refractivity contribution is 5.75. The van der Waals surface area contributed by atoms with Gasteiger partial charge in [0.1, 0.15) is 0 Å². The minimum Gasteiger partial charge on any atom is -0.479 e. The van der Waals surface area contributed by atoms with Crippen molar-refractivity contribution in [2.45, 2.75) is 6.10 Å². The number of carboxylic acid groups (broad SMARTS) is 1. The highest BCUT2D eigenvalue weighted by Gasteiger charge is 2.15. The molecule has 0 saturated carbocycles. The zero-order valence-corrected chi connectivity index (χ0v) is 11.6. The number of aromatic amines is 1. The molecule has 3 aromatic rings. The van der Waals surface area contributed by atoms with E-state index in [0.29, 0.717) is 5.56 Å². The lowest BCUT2D eigenvalue weighted by atomic mass is 9.99. The largest absolute Gasteiger partial charge is 0.479 e. The van der Waals surface area contributed by atoms with Gasteiger partial charge >= 0.3 is 5.97 Å². The molecule has 0 aliphatic rings. The molecule has 0 fully saturated rings. The Labute approximate surface area is 126 Å². The Balaban J connectivity index is 1.91. The van der Waals surface area contributed by atoms with Crippen molar-refractivity contribution < 1.29 is 15.0 Å². The van der Waals surface area contributed by atoms with Crippen molar-refractivity contribution in [2.75, 3.05) is 0 Å². The van der Waals surface area contributed by atoms with E-state index in [0.717, 1.165) is 22.4 Å². The van der Waals surface area contributed by atoms with E-state index in [9.17, 15) is 9.90 Å². The number of carbonyl (C=O) groups is 1. The number of H-pyrrole nitrogens is 1. The minimum absolute atomic E-state index is 0.362. The normalized spacial score (nSPS) is 12.0. The predicted molar refractivity (Wildman–Crippen MR) is 82.1 cm³/mol. The molecule has 0 aliphatic heterocycles. The first-order valence-electron chi connectivity index (χ1n) is 6.76. The summed E-state index contributed by atoms with van der Waals surface area (Å²) in [4.78, 5) is 10.8. The van der Waals surface area contributed by atoms with E-state index in [1.807, 2.05) is 30.3 Å². The van der Waals surface area contributed by atoms with E-state index < -0.39 is 12.1 Å². The molecule has 0 amide bonds. The lowest BCUT2D eigenvalue weighted by Gasteiger charge is -2.08. The Hall–Kier alpha value is -2.92. The maximum Gasteiger partial charge on any atom is 0.337 e. The van der Waals surface area contributed by atoms with Crippen LogP contribution in [-0.2, 0) is 4.79 Å². The molecule has 3 N–H and O–H groups in total. The van der Waals surface area contributed by atoms with Crippen molar-refractivity contribution in [1.82, 2.24) is 10.2 Å². The summed E-state index contributed by atoms with van der Waals surface area (Å²) in [5.41, 5.74) is 4.26. The van der Waals surface area contributed by atoms with E-state index in [-0.39, 0.29) is 0 Å². The second-order valence-electron chi connectivity index (χ2n) is 4.91. The van der Waals surface area contributed by atoms with E-state index in [1.165, 1.54) is 0 Å². The van der Waals surface area contributed by atoms with Crippen LogP contribution in [0.1, 0.15) is 11.7 Å². The molecule has 1 aromatic heterocycles. The Kier molecular flexibility index (Phi) is 3.72. The number of hydrogen-bond donors (Lipinski definition) is 3. The number of aliphatic hydroxyl groups is 1. The Morgan fingerprint density at radius 2 is 1.73 bits per heavy atom. The number of aliphatic hydroxyl groups excluding tert-OH is 1. The second kappa shape index (κ2) is 5.83. The van der Waals surface area contributed by atoms with Gasteiger partial charge in [0.15, 0.2) is 6.10 Å². The summed E-state index contributed by atoms with van der Waals surface area (Å²) in [5.74, 6) is -1.26. The van der Waals surface area contributed by atoms with Gasteiger partial charge in [-0.05, 0) is 28.8 Å². The number of aromatic nitrogens is 2. The molecule has 0 radical (unpaired) electrons. The number of nitrogens with one attached hydrogen (secondary N) is 1. The molecule has 5 heteroatoms. The van der Waals surface area contributed by atoms with E-state index in [1.54, 1.807) is 30.5 Å². The van der Waals surface area contributed by atoms with Gasteiger partial charge in [-0.15, -0.1) is 0 Å². The molecule has 0 unspecified atom stereocenters. The first-order chi connectivity index (χ1) is 10.6. The molecule has 0 bridgehead atoms. The minimum atomic E-state index is -1.50. The predicted octanol–water partition coefficient (Wildman–Crippen LogP) is 2.86. The number of hydrogen-bond acceptors (Lipinski definition) is 3. The van der Waals surface area contributed by atoms with Gasteiger partial charge in [-0.3, -0.25) is 5.10 Å².